The highest BCUT2D eigenvalue weighted by Crippen LogP contribution is 2.48. The number of rotatable bonds is 4. The zero-order valence-electron chi connectivity index (χ0n) is 18.5. The van der Waals surface area contributed by atoms with E-state index < -0.39 is 11.7 Å². The number of carbonyl (C=O) groups excluding carboxylic acids is 2. The molecule has 0 atom stereocenters. The van der Waals surface area contributed by atoms with Crippen LogP contribution in [0.15, 0.2) is 18.2 Å². The van der Waals surface area contributed by atoms with Crippen molar-refractivity contribution in [2.24, 2.45) is 5.73 Å². The van der Waals surface area contributed by atoms with Crippen LogP contribution in [0.5, 0.6) is 0 Å². The van der Waals surface area contributed by atoms with Gasteiger partial charge < -0.3 is 20.7 Å². The lowest BCUT2D eigenvalue weighted by molar-refractivity contribution is -0.0984. The van der Waals surface area contributed by atoms with Crippen LogP contribution in [0.4, 0.5) is 9.18 Å². The van der Waals surface area contributed by atoms with E-state index in [-0.39, 0.29) is 34.3 Å². The third-order valence-electron chi connectivity index (χ3n) is 7.69. The topological polar surface area (TPSA) is 102 Å². The van der Waals surface area contributed by atoms with Crippen LogP contribution in [0.2, 0.25) is 5.02 Å². The number of hydrogen-bond acceptors (Lipinski definition) is 4. The van der Waals surface area contributed by atoms with Gasteiger partial charge in [-0.05, 0) is 56.7 Å². The summed E-state index contributed by atoms with van der Waals surface area (Å²) in [7, 11) is 1.78. The number of nitrogens with one attached hydrogen (secondary N) is 1. The monoisotopic (exact) mass is 475 g/mol. The fourth-order valence-electron chi connectivity index (χ4n) is 5.55. The lowest BCUT2D eigenvalue weighted by Crippen LogP contribution is -2.61. The zero-order chi connectivity index (χ0) is 23.4. The van der Waals surface area contributed by atoms with Crippen molar-refractivity contribution in [3.63, 3.8) is 0 Å². The van der Waals surface area contributed by atoms with Gasteiger partial charge in [-0.1, -0.05) is 11.6 Å². The number of carbonyl (C=O) groups is 2. The first-order valence-electron chi connectivity index (χ1n) is 11.2. The number of aromatic nitrogens is 2. The Morgan fingerprint density at radius 3 is 2.48 bits per heavy atom. The lowest BCUT2D eigenvalue weighted by atomic mass is 9.63. The summed E-state index contributed by atoms with van der Waals surface area (Å²) < 4.78 is 21.1. The molecular weight excluding hydrogens is 449 g/mol. The maximum Gasteiger partial charge on any atom is 0.318 e. The number of fused-ring (bicyclic) bond motifs is 4. The number of halogens is 2. The van der Waals surface area contributed by atoms with Gasteiger partial charge in [-0.25, -0.2) is 9.18 Å². The molecule has 0 radical (unpaired) electrons. The Labute approximate surface area is 196 Å². The highest BCUT2D eigenvalue weighted by atomic mass is 35.5. The van der Waals surface area contributed by atoms with Crippen LogP contribution in [-0.4, -0.2) is 51.4 Å². The summed E-state index contributed by atoms with van der Waals surface area (Å²) in [6.07, 6.45) is 5.56. The minimum atomic E-state index is -0.650. The normalized spacial score (nSPS) is 26.2. The summed E-state index contributed by atoms with van der Waals surface area (Å²) in [5, 5.41) is 7.76. The zero-order valence-corrected chi connectivity index (χ0v) is 19.3. The fraction of sp³-hybridized carbons (Fsp3) is 0.522. The van der Waals surface area contributed by atoms with E-state index in [1.54, 1.807) is 16.7 Å². The molecule has 3 aliphatic carbocycles. The van der Waals surface area contributed by atoms with E-state index in [4.69, 9.17) is 22.1 Å². The van der Waals surface area contributed by atoms with Gasteiger partial charge in [0.15, 0.2) is 0 Å². The molecule has 10 heteroatoms. The van der Waals surface area contributed by atoms with Gasteiger partial charge in [0.2, 0.25) is 0 Å². The largest absolute Gasteiger partial charge is 0.378 e. The van der Waals surface area contributed by atoms with E-state index in [2.05, 4.69) is 10.4 Å². The van der Waals surface area contributed by atoms with Crippen molar-refractivity contribution >= 4 is 23.5 Å². The molecule has 1 aromatic heterocycles. The molecule has 8 nitrogen and oxygen atoms in total. The van der Waals surface area contributed by atoms with Crippen LogP contribution >= 0.6 is 11.6 Å². The van der Waals surface area contributed by atoms with E-state index in [9.17, 15) is 14.0 Å². The Morgan fingerprint density at radius 2 is 1.88 bits per heavy atom. The average molecular weight is 476 g/mol. The van der Waals surface area contributed by atoms with Gasteiger partial charge in [-0.15, -0.1) is 0 Å². The van der Waals surface area contributed by atoms with Gasteiger partial charge in [0.1, 0.15) is 11.5 Å². The molecule has 3 N–H and O–H groups in total. The molecule has 0 saturated heterocycles. The Bertz CT molecular complexity index is 1110. The van der Waals surface area contributed by atoms with Crippen molar-refractivity contribution in [2.45, 2.75) is 62.8 Å². The van der Waals surface area contributed by atoms with E-state index in [1.165, 1.54) is 18.2 Å². The molecule has 0 unspecified atom stereocenters. The maximum atomic E-state index is 13.6. The third-order valence-corrected chi connectivity index (χ3v) is 7.98. The molecule has 1 aromatic carbocycles. The van der Waals surface area contributed by atoms with Gasteiger partial charge in [0.05, 0.1) is 35.0 Å². The Balaban J connectivity index is 1.37. The molecule has 0 spiro atoms. The number of primary amides is 1. The molecule has 6 rings (SSSR count). The standard InChI is InChI=1S/C23H27ClFN5O3/c1-33-23-7-4-22(5-8-23,6-9-23)27-21(32)29-10-11-30-17(13-29)18(20(26)31)19(28-30)14-2-3-16(25)15(24)12-14/h2-3,12H,4-11,13H2,1H3,(H2,26,31)(H,27,32). The van der Waals surface area contributed by atoms with E-state index >= 15 is 0 Å². The van der Waals surface area contributed by atoms with Gasteiger partial charge in [-0.2, -0.15) is 5.10 Å². The summed E-state index contributed by atoms with van der Waals surface area (Å²) >= 11 is 5.93. The SMILES string of the molecule is COC12CCC(NC(=O)N3CCn4nc(-c5ccc(F)c(Cl)c5)c(C(N)=O)c4C3)(CC1)CC2. The molecule has 4 aliphatic rings. The fourth-order valence-corrected chi connectivity index (χ4v) is 5.73. The first-order valence-corrected chi connectivity index (χ1v) is 11.6. The second-order valence-electron chi connectivity index (χ2n) is 9.41. The highest BCUT2D eigenvalue weighted by Gasteiger charge is 2.50. The Kier molecular flexibility index (Phi) is 5.36. The molecule has 2 heterocycles. The van der Waals surface area contributed by atoms with Crippen molar-refractivity contribution in [2.75, 3.05) is 13.7 Å². The van der Waals surface area contributed by atoms with Crippen LogP contribution in [0, 0.1) is 5.82 Å². The minimum Gasteiger partial charge on any atom is -0.378 e. The van der Waals surface area contributed by atoms with Crippen molar-refractivity contribution in [1.29, 1.82) is 0 Å². The Morgan fingerprint density at radius 1 is 1.18 bits per heavy atom. The Hall–Kier alpha value is -2.65. The van der Waals surface area contributed by atoms with E-state index in [0.29, 0.717) is 30.0 Å². The number of amides is 3. The minimum absolute atomic E-state index is 0.0276. The molecule has 2 bridgehead atoms. The van der Waals surface area contributed by atoms with Gasteiger partial charge in [-0.3, -0.25) is 9.48 Å². The van der Waals surface area contributed by atoms with Crippen LogP contribution in [0.1, 0.15) is 54.6 Å². The average Bonchev–Trinajstić information content (AvgIpc) is 3.21. The molecule has 33 heavy (non-hydrogen) atoms. The molecule has 176 valence electrons. The number of benzene rings is 1. The van der Waals surface area contributed by atoms with Crippen LogP contribution < -0.4 is 11.1 Å². The lowest BCUT2D eigenvalue weighted by Gasteiger charge is -2.53. The molecule has 2 aromatic rings. The second-order valence-corrected chi connectivity index (χ2v) is 9.81. The summed E-state index contributed by atoms with van der Waals surface area (Å²) in [6.45, 7) is 1.10. The third kappa shape index (κ3) is 3.77. The number of ether oxygens (including phenoxy) is 1. The summed E-state index contributed by atoms with van der Waals surface area (Å²) in [4.78, 5) is 27.3. The number of nitrogens with two attached hydrogens (primary N) is 1. The van der Waals surface area contributed by atoms with Crippen LogP contribution in [0.3, 0.4) is 0 Å². The van der Waals surface area contributed by atoms with E-state index in [1.807, 2.05) is 0 Å². The molecule has 3 saturated carbocycles. The van der Waals surface area contributed by atoms with Crippen LogP contribution in [0.25, 0.3) is 11.3 Å². The van der Waals surface area contributed by atoms with Gasteiger partial charge in [0.25, 0.3) is 5.91 Å². The maximum absolute atomic E-state index is 13.6. The molecule has 1 aliphatic heterocycles. The highest BCUT2D eigenvalue weighted by molar-refractivity contribution is 6.31. The van der Waals surface area contributed by atoms with E-state index in [0.717, 1.165) is 38.5 Å². The number of methoxy groups -OCH3 is 1. The van der Waals surface area contributed by atoms with Crippen molar-refractivity contribution in [3.8, 4) is 11.3 Å². The van der Waals surface area contributed by atoms with Crippen molar-refractivity contribution in [3.05, 3.63) is 40.3 Å². The molecule has 3 amide bonds. The van der Waals surface area contributed by atoms with Gasteiger partial charge >= 0.3 is 6.03 Å². The number of hydrogen-bond donors (Lipinski definition) is 2. The van der Waals surface area contributed by atoms with Crippen molar-refractivity contribution in [1.82, 2.24) is 20.0 Å². The summed E-state index contributed by atoms with van der Waals surface area (Å²) in [6, 6.07) is 4.02. The van der Waals surface area contributed by atoms with Gasteiger partial charge in [0, 0.05) is 24.8 Å². The molecule has 3 fully saturated rings. The quantitative estimate of drug-likeness (QED) is 0.706. The smallest absolute Gasteiger partial charge is 0.318 e. The summed E-state index contributed by atoms with van der Waals surface area (Å²) in [5.74, 6) is -1.21. The molecular formula is C23H27ClFN5O3. The first-order chi connectivity index (χ1) is 15.7. The van der Waals surface area contributed by atoms with Crippen LogP contribution in [-0.2, 0) is 17.8 Å². The second kappa shape index (κ2) is 7.99. The predicted molar refractivity (Wildman–Crippen MR) is 120 cm³/mol. The number of nitrogens with zero attached hydrogens (tertiary/aromatic N) is 3. The summed E-state index contributed by atoms with van der Waals surface area (Å²) in [5.41, 5.74) is 7.12. The predicted octanol–water partition coefficient (Wildman–Crippen LogP) is 3.46. The number of urea groups is 1. The first kappa shape index (κ1) is 22.2. The van der Waals surface area contributed by atoms with Crippen molar-refractivity contribution < 1.29 is 18.7 Å².